The Morgan fingerprint density at radius 1 is 1.25 bits per heavy atom. The Balaban J connectivity index is 3.07. The number of carbonyl (C=O) groups is 2. The molecule has 0 aliphatic rings. The second-order valence-electron chi connectivity index (χ2n) is 3.39. The number of Topliss-reactive ketones (excluding diaryl/α,β-unsaturated/α-hetero) is 1. The van der Waals surface area contributed by atoms with Gasteiger partial charge in [0.15, 0.2) is 5.78 Å². The zero-order valence-electron chi connectivity index (χ0n) is 9.25. The van der Waals surface area contributed by atoms with Crippen LogP contribution in [0.15, 0.2) is 18.2 Å². The van der Waals surface area contributed by atoms with Gasteiger partial charge in [-0.2, -0.15) is 0 Å². The average Bonchev–Trinajstić information content (AvgIpc) is 2.27. The van der Waals surface area contributed by atoms with E-state index in [1.165, 1.54) is 13.2 Å². The highest BCUT2D eigenvalue weighted by Gasteiger charge is 2.12. The van der Waals surface area contributed by atoms with Gasteiger partial charge in [0, 0.05) is 12.0 Å². The first-order valence-electron chi connectivity index (χ1n) is 5.00. The Labute approximate surface area is 93.2 Å². The van der Waals surface area contributed by atoms with Gasteiger partial charge in [0.1, 0.15) is 5.82 Å². The molecule has 86 valence electrons. The van der Waals surface area contributed by atoms with Gasteiger partial charge < -0.3 is 4.74 Å². The maximum Gasteiger partial charge on any atom is 0.337 e. The highest BCUT2D eigenvalue weighted by molar-refractivity contribution is 5.99. The summed E-state index contributed by atoms with van der Waals surface area (Å²) in [5, 5.41) is 0. The molecule has 0 saturated heterocycles. The van der Waals surface area contributed by atoms with Crippen molar-refractivity contribution in [2.24, 2.45) is 0 Å². The number of esters is 1. The van der Waals surface area contributed by atoms with Crippen LogP contribution in [0.2, 0.25) is 0 Å². The molecule has 0 N–H and O–H groups in total. The van der Waals surface area contributed by atoms with Crippen LogP contribution in [0.3, 0.4) is 0 Å². The second kappa shape index (κ2) is 5.39. The smallest absolute Gasteiger partial charge is 0.337 e. The summed E-state index contributed by atoms with van der Waals surface area (Å²) in [6, 6.07) is 3.53. The molecule has 0 fully saturated rings. The molecule has 0 aromatic heterocycles. The lowest BCUT2D eigenvalue weighted by Crippen LogP contribution is -2.06. The minimum Gasteiger partial charge on any atom is -0.465 e. The molecule has 0 aliphatic heterocycles. The maximum absolute atomic E-state index is 13.2. The van der Waals surface area contributed by atoms with E-state index in [0.717, 1.165) is 12.1 Å². The van der Waals surface area contributed by atoms with Crippen LogP contribution in [0.4, 0.5) is 4.39 Å². The third kappa shape index (κ3) is 2.89. The van der Waals surface area contributed by atoms with Gasteiger partial charge in [-0.25, -0.2) is 9.18 Å². The topological polar surface area (TPSA) is 43.4 Å². The number of ketones is 1. The Morgan fingerprint density at radius 3 is 2.44 bits per heavy atom. The van der Waals surface area contributed by atoms with E-state index in [4.69, 9.17) is 0 Å². The fourth-order valence-corrected chi connectivity index (χ4v) is 1.36. The lowest BCUT2D eigenvalue weighted by molar-refractivity contribution is 0.0600. The molecule has 0 aliphatic carbocycles. The molecule has 3 nitrogen and oxygen atoms in total. The van der Waals surface area contributed by atoms with E-state index in [9.17, 15) is 14.0 Å². The highest BCUT2D eigenvalue weighted by atomic mass is 19.1. The molecule has 1 aromatic carbocycles. The number of halogens is 1. The van der Waals surface area contributed by atoms with Crippen molar-refractivity contribution in [3.05, 3.63) is 35.1 Å². The maximum atomic E-state index is 13.2. The van der Waals surface area contributed by atoms with E-state index in [2.05, 4.69) is 4.74 Å². The lowest BCUT2D eigenvalue weighted by atomic mass is 10.0. The van der Waals surface area contributed by atoms with Crippen molar-refractivity contribution in [3.8, 4) is 0 Å². The predicted octanol–water partition coefficient (Wildman–Crippen LogP) is 2.60. The summed E-state index contributed by atoms with van der Waals surface area (Å²) in [4.78, 5) is 22.7. The van der Waals surface area contributed by atoms with Crippen LogP contribution in [-0.4, -0.2) is 18.9 Å². The molecule has 1 rings (SSSR count). The Hall–Kier alpha value is -1.71. The van der Waals surface area contributed by atoms with Crippen molar-refractivity contribution in [3.63, 3.8) is 0 Å². The third-order valence-electron chi connectivity index (χ3n) is 2.12. The molecule has 0 amide bonds. The van der Waals surface area contributed by atoms with E-state index in [1.807, 2.05) is 6.92 Å². The Morgan fingerprint density at radius 2 is 1.88 bits per heavy atom. The molecular formula is C12H13FO3. The van der Waals surface area contributed by atoms with Gasteiger partial charge in [-0.15, -0.1) is 0 Å². The molecule has 4 heteroatoms. The normalized spacial score (nSPS) is 9.94. The van der Waals surface area contributed by atoms with E-state index in [-0.39, 0.29) is 16.9 Å². The van der Waals surface area contributed by atoms with Crippen LogP contribution in [0.1, 0.15) is 40.5 Å². The summed E-state index contributed by atoms with van der Waals surface area (Å²) in [7, 11) is 1.21. The average molecular weight is 224 g/mol. The van der Waals surface area contributed by atoms with Crippen LogP contribution in [-0.2, 0) is 4.74 Å². The summed E-state index contributed by atoms with van der Waals surface area (Å²) in [6.45, 7) is 1.86. The molecule has 0 spiro atoms. The first-order valence-corrected chi connectivity index (χ1v) is 5.00. The number of benzene rings is 1. The van der Waals surface area contributed by atoms with Crippen molar-refractivity contribution in [2.75, 3.05) is 7.11 Å². The highest BCUT2D eigenvalue weighted by Crippen LogP contribution is 2.13. The van der Waals surface area contributed by atoms with Crippen molar-refractivity contribution < 1.29 is 18.7 Å². The number of rotatable bonds is 4. The van der Waals surface area contributed by atoms with Crippen molar-refractivity contribution in [1.29, 1.82) is 0 Å². The van der Waals surface area contributed by atoms with Crippen molar-refractivity contribution in [2.45, 2.75) is 19.8 Å². The van der Waals surface area contributed by atoms with Crippen LogP contribution >= 0.6 is 0 Å². The third-order valence-corrected chi connectivity index (χ3v) is 2.12. The molecule has 0 atom stereocenters. The standard InChI is InChI=1S/C12H13FO3/c1-3-4-11(14)8-5-9(12(15)16-2)7-10(13)6-8/h5-7H,3-4H2,1-2H3. The van der Waals surface area contributed by atoms with E-state index < -0.39 is 11.8 Å². The molecule has 0 bridgehead atoms. The van der Waals surface area contributed by atoms with Crippen molar-refractivity contribution >= 4 is 11.8 Å². The lowest BCUT2D eigenvalue weighted by Gasteiger charge is -2.03. The summed E-state index contributed by atoms with van der Waals surface area (Å²) in [6.07, 6.45) is 1.02. The fraction of sp³-hybridized carbons (Fsp3) is 0.333. The molecule has 0 saturated carbocycles. The first kappa shape index (κ1) is 12.4. The minimum absolute atomic E-state index is 0.0574. The number of carbonyl (C=O) groups excluding carboxylic acids is 2. The Kier molecular flexibility index (Phi) is 4.17. The van der Waals surface area contributed by atoms with Gasteiger partial charge >= 0.3 is 5.97 Å². The monoisotopic (exact) mass is 224 g/mol. The van der Waals surface area contributed by atoms with Gasteiger partial charge in [-0.1, -0.05) is 6.92 Å². The quantitative estimate of drug-likeness (QED) is 0.583. The van der Waals surface area contributed by atoms with Crippen molar-refractivity contribution in [1.82, 2.24) is 0 Å². The number of ether oxygens (including phenoxy) is 1. The molecule has 0 radical (unpaired) electrons. The SMILES string of the molecule is CCCC(=O)c1cc(F)cc(C(=O)OC)c1. The molecule has 1 aromatic rings. The van der Waals surface area contributed by atoms with Gasteiger partial charge in [-0.05, 0) is 24.6 Å². The zero-order valence-corrected chi connectivity index (χ0v) is 9.25. The molecule has 0 unspecified atom stereocenters. The zero-order chi connectivity index (χ0) is 12.1. The van der Waals surface area contributed by atoms with Crippen LogP contribution in [0.5, 0.6) is 0 Å². The second-order valence-corrected chi connectivity index (χ2v) is 3.39. The first-order chi connectivity index (χ1) is 7.58. The summed E-state index contributed by atoms with van der Waals surface area (Å²) >= 11 is 0. The van der Waals surface area contributed by atoms with Crippen LogP contribution in [0, 0.1) is 5.82 Å². The van der Waals surface area contributed by atoms with Crippen LogP contribution < -0.4 is 0 Å². The number of methoxy groups -OCH3 is 1. The fourth-order valence-electron chi connectivity index (χ4n) is 1.36. The van der Waals surface area contributed by atoms with Gasteiger partial charge in [0.2, 0.25) is 0 Å². The van der Waals surface area contributed by atoms with E-state index in [0.29, 0.717) is 12.8 Å². The number of hydrogen-bond donors (Lipinski definition) is 0. The summed E-state index contributed by atoms with van der Waals surface area (Å²) in [5.74, 6) is -1.43. The largest absolute Gasteiger partial charge is 0.465 e. The van der Waals surface area contributed by atoms with Crippen LogP contribution in [0.25, 0.3) is 0 Å². The molecule has 16 heavy (non-hydrogen) atoms. The van der Waals surface area contributed by atoms with E-state index >= 15 is 0 Å². The minimum atomic E-state index is -0.648. The summed E-state index contributed by atoms with van der Waals surface area (Å²) < 4.78 is 17.6. The molecule has 0 heterocycles. The Bertz CT molecular complexity index is 413. The van der Waals surface area contributed by atoms with Gasteiger partial charge in [-0.3, -0.25) is 4.79 Å². The van der Waals surface area contributed by atoms with Gasteiger partial charge in [0.25, 0.3) is 0 Å². The van der Waals surface area contributed by atoms with Gasteiger partial charge in [0.05, 0.1) is 12.7 Å². The molecular weight excluding hydrogens is 211 g/mol. The summed E-state index contributed by atoms with van der Waals surface area (Å²) in [5.41, 5.74) is 0.268. The predicted molar refractivity (Wildman–Crippen MR) is 57.0 cm³/mol. The number of hydrogen-bond acceptors (Lipinski definition) is 3. The van der Waals surface area contributed by atoms with E-state index in [1.54, 1.807) is 0 Å².